The Labute approximate surface area is 129 Å². The summed E-state index contributed by atoms with van der Waals surface area (Å²) in [7, 11) is 0. The molecule has 0 amide bonds. The van der Waals surface area contributed by atoms with Gasteiger partial charge in [0.05, 0.1) is 13.2 Å². The van der Waals surface area contributed by atoms with E-state index in [-0.39, 0.29) is 24.0 Å². The number of hydrogen-bond acceptors (Lipinski definition) is 2. The first kappa shape index (κ1) is 20.3. The topological polar surface area (TPSA) is 59.6 Å². The van der Waals surface area contributed by atoms with E-state index in [9.17, 15) is 0 Å². The number of halogens is 1. The Morgan fingerprint density at radius 2 is 1.94 bits per heavy atom. The Morgan fingerprint density at radius 3 is 2.50 bits per heavy atom. The summed E-state index contributed by atoms with van der Waals surface area (Å²) in [6.45, 7) is 10.6. The van der Waals surface area contributed by atoms with E-state index in [4.69, 9.17) is 10.5 Å². The highest BCUT2D eigenvalue weighted by Gasteiger charge is 2.03. The van der Waals surface area contributed by atoms with E-state index in [1.165, 1.54) is 12.8 Å². The molecular weight excluding hydrogens is 341 g/mol. The Kier molecular flexibility index (Phi) is 15.1. The lowest BCUT2D eigenvalue weighted by Gasteiger charge is -2.15. The molecule has 0 fully saturated rings. The van der Waals surface area contributed by atoms with Crippen molar-refractivity contribution in [3.63, 3.8) is 0 Å². The molecule has 1 atom stereocenters. The molecule has 110 valence electrons. The molecule has 5 heteroatoms. The van der Waals surface area contributed by atoms with Crippen LogP contribution in [0, 0.1) is 5.92 Å². The minimum Gasteiger partial charge on any atom is -0.380 e. The van der Waals surface area contributed by atoms with Crippen molar-refractivity contribution in [3.05, 3.63) is 0 Å². The molecule has 18 heavy (non-hydrogen) atoms. The molecule has 0 aliphatic heterocycles. The van der Waals surface area contributed by atoms with Gasteiger partial charge in [-0.3, -0.25) is 4.99 Å². The summed E-state index contributed by atoms with van der Waals surface area (Å²) in [5.41, 5.74) is 5.77. The zero-order valence-corrected chi connectivity index (χ0v) is 14.6. The van der Waals surface area contributed by atoms with Crippen LogP contribution in [-0.2, 0) is 4.74 Å². The average Bonchev–Trinajstić information content (AvgIpc) is 2.23. The first-order chi connectivity index (χ1) is 8.06. The summed E-state index contributed by atoms with van der Waals surface area (Å²) in [6, 6.07) is 0.393. The smallest absolute Gasteiger partial charge is 0.188 e. The van der Waals surface area contributed by atoms with Crippen molar-refractivity contribution in [1.82, 2.24) is 5.32 Å². The number of hydrogen-bond donors (Lipinski definition) is 2. The predicted molar refractivity (Wildman–Crippen MR) is 89.7 cm³/mol. The van der Waals surface area contributed by atoms with Crippen LogP contribution < -0.4 is 11.1 Å². The summed E-state index contributed by atoms with van der Waals surface area (Å²) in [4.78, 5) is 4.20. The molecule has 0 radical (unpaired) electrons. The van der Waals surface area contributed by atoms with Gasteiger partial charge in [-0.15, -0.1) is 24.0 Å². The van der Waals surface area contributed by atoms with E-state index >= 15 is 0 Å². The lowest BCUT2D eigenvalue weighted by molar-refractivity contribution is 0.155. The Bertz CT molecular complexity index is 210. The van der Waals surface area contributed by atoms with Gasteiger partial charge in [0, 0.05) is 12.6 Å². The maximum atomic E-state index is 5.77. The van der Waals surface area contributed by atoms with Crippen molar-refractivity contribution in [2.75, 3.05) is 19.8 Å². The average molecular weight is 371 g/mol. The number of ether oxygens (including phenoxy) is 1. The van der Waals surface area contributed by atoms with Crippen LogP contribution in [0.1, 0.15) is 47.0 Å². The zero-order chi connectivity index (χ0) is 13.1. The quantitative estimate of drug-likeness (QED) is 0.284. The summed E-state index contributed by atoms with van der Waals surface area (Å²) < 4.78 is 5.19. The van der Waals surface area contributed by atoms with Crippen molar-refractivity contribution in [2.24, 2.45) is 16.6 Å². The molecule has 1 unspecified atom stereocenters. The maximum Gasteiger partial charge on any atom is 0.188 e. The van der Waals surface area contributed by atoms with Gasteiger partial charge < -0.3 is 15.8 Å². The van der Waals surface area contributed by atoms with Gasteiger partial charge in [-0.1, -0.05) is 26.7 Å². The molecule has 0 aromatic rings. The van der Waals surface area contributed by atoms with Crippen LogP contribution in [0.4, 0.5) is 0 Å². The Hall–Kier alpha value is -0.0400. The van der Waals surface area contributed by atoms with Crippen molar-refractivity contribution in [1.29, 1.82) is 0 Å². The fourth-order valence-corrected chi connectivity index (χ4v) is 1.58. The summed E-state index contributed by atoms with van der Waals surface area (Å²) >= 11 is 0. The second kappa shape index (κ2) is 13.4. The number of rotatable bonds is 9. The third kappa shape index (κ3) is 14.0. The van der Waals surface area contributed by atoms with Crippen LogP contribution in [-0.4, -0.2) is 31.8 Å². The van der Waals surface area contributed by atoms with Crippen molar-refractivity contribution >= 4 is 29.9 Å². The van der Waals surface area contributed by atoms with E-state index in [1.807, 2.05) is 6.92 Å². The number of nitrogens with zero attached hydrogens (tertiary/aromatic N) is 1. The molecule has 0 spiro atoms. The molecule has 0 aliphatic rings. The van der Waals surface area contributed by atoms with Gasteiger partial charge in [0.25, 0.3) is 0 Å². The number of aliphatic imine (C=N–C) groups is 1. The molecule has 0 saturated heterocycles. The normalized spacial score (nSPS) is 13.3. The zero-order valence-electron chi connectivity index (χ0n) is 12.2. The monoisotopic (exact) mass is 371 g/mol. The minimum absolute atomic E-state index is 0. The van der Waals surface area contributed by atoms with Crippen LogP contribution in [0.15, 0.2) is 4.99 Å². The summed E-state index contributed by atoms with van der Waals surface area (Å²) in [6.07, 6.45) is 3.64. The van der Waals surface area contributed by atoms with Crippen LogP contribution in [0.25, 0.3) is 0 Å². The highest BCUT2D eigenvalue weighted by Crippen LogP contribution is 2.07. The highest BCUT2D eigenvalue weighted by atomic mass is 127. The second-order valence-corrected chi connectivity index (χ2v) is 4.83. The first-order valence-electron chi connectivity index (χ1n) is 6.70. The lowest BCUT2D eigenvalue weighted by atomic mass is 10.0. The minimum atomic E-state index is 0. The lowest BCUT2D eigenvalue weighted by Crippen LogP contribution is -2.38. The van der Waals surface area contributed by atoms with Gasteiger partial charge in [-0.2, -0.15) is 0 Å². The number of nitrogens with two attached hydrogens (primary N) is 1. The maximum absolute atomic E-state index is 5.77. The van der Waals surface area contributed by atoms with E-state index in [1.54, 1.807) is 0 Å². The third-order valence-corrected chi connectivity index (χ3v) is 2.53. The fraction of sp³-hybridized carbons (Fsp3) is 0.923. The van der Waals surface area contributed by atoms with E-state index in [0.29, 0.717) is 25.2 Å². The van der Waals surface area contributed by atoms with Gasteiger partial charge in [-0.25, -0.2) is 0 Å². The Balaban J connectivity index is 0. The van der Waals surface area contributed by atoms with E-state index < -0.39 is 0 Å². The van der Waals surface area contributed by atoms with Crippen LogP contribution in [0.3, 0.4) is 0 Å². The van der Waals surface area contributed by atoms with Crippen LogP contribution >= 0.6 is 24.0 Å². The van der Waals surface area contributed by atoms with Gasteiger partial charge in [0.15, 0.2) is 5.96 Å². The fourth-order valence-electron chi connectivity index (χ4n) is 1.58. The SMILES string of the molecule is CCOCCN=C(N)NC(C)CCCC(C)C.I. The molecule has 0 bridgehead atoms. The molecular formula is C13H30IN3O. The molecule has 0 saturated carbocycles. The van der Waals surface area contributed by atoms with Crippen molar-refractivity contribution < 1.29 is 4.74 Å². The second-order valence-electron chi connectivity index (χ2n) is 4.83. The van der Waals surface area contributed by atoms with Gasteiger partial charge in [-0.05, 0) is 26.2 Å². The van der Waals surface area contributed by atoms with E-state index in [0.717, 1.165) is 18.9 Å². The molecule has 0 rings (SSSR count). The third-order valence-electron chi connectivity index (χ3n) is 2.53. The standard InChI is InChI=1S/C13H29N3O.HI/c1-5-17-10-9-15-13(14)16-12(4)8-6-7-11(2)3;/h11-12H,5-10H2,1-4H3,(H3,14,15,16);1H. The molecule has 3 N–H and O–H groups in total. The van der Waals surface area contributed by atoms with Crippen molar-refractivity contribution in [3.8, 4) is 0 Å². The van der Waals surface area contributed by atoms with E-state index in [2.05, 4.69) is 31.1 Å². The summed E-state index contributed by atoms with van der Waals surface area (Å²) in [5, 5.41) is 3.20. The first-order valence-corrected chi connectivity index (χ1v) is 6.70. The summed E-state index contributed by atoms with van der Waals surface area (Å²) in [5.74, 6) is 1.31. The predicted octanol–water partition coefficient (Wildman–Crippen LogP) is 2.76. The van der Waals surface area contributed by atoms with Crippen molar-refractivity contribution in [2.45, 2.75) is 53.0 Å². The number of nitrogens with one attached hydrogen (secondary N) is 1. The number of guanidine groups is 1. The van der Waals surface area contributed by atoms with Crippen LogP contribution in [0.5, 0.6) is 0 Å². The molecule has 0 aromatic carbocycles. The molecule has 4 nitrogen and oxygen atoms in total. The van der Waals surface area contributed by atoms with Gasteiger partial charge >= 0.3 is 0 Å². The molecule has 0 aliphatic carbocycles. The largest absolute Gasteiger partial charge is 0.380 e. The van der Waals surface area contributed by atoms with Crippen LogP contribution in [0.2, 0.25) is 0 Å². The Morgan fingerprint density at radius 1 is 1.28 bits per heavy atom. The molecule has 0 heterocycles. The van der Waals surface area contributed by atoms with Gasteiger partial charge in [0.2, 0.25) is 0 Å². The highest BCUT2D eigenvalue weighted by molar-refractivity contribution is 14.0. The molecule has 0 aromatic heterocycles. The van der Waals surface area contributed by atoms with Gasteiger partial charge in [0.1, 0.15) is 0 Å².